The minimum atomic E-state index is -4.66. The van der Waals surface area contributed by atoms with Crippen LogP contribution in [0.1, 0.15) is 70.3 Å². The van der Waals surface area contributed by atoms with E-state index in [1.54, 1.807) is 12.1 Å². The minimum absolute atomic E-state index is 0.224. The summed E-state index contributed by atoms with van der Waals surface area (Å²) in [5.41, 5.74) is 0.676. The predicted octanol–water partition coefficient (Wildman–Crippen LogP) is 7.52. The lowest BCUT2D eigenvalue weighted by molar-refractivity contribution is -0.274. The molecule has 158 valence electrons. The van der Waals surface area contributed by atoms with Gasteiger partial charge in [0.15, 0.2) is 0 Å². The lowest BCUT2D eigenvalue weighted by Gasteiger charge is -2.37. The number of rotatable bonds is 4. The van der Waals surface area contributed by atoms with Crippen LogP contribution in [0.2, 0.25) is 0 Å². The number of halogens is 3. The third-order valence-corrected chi connectivity index (χ3v) is 6.71. The molecule has 0 N–H and O–H groups in total. The first-order valence-electron chi connectivity index (χ1n) is 11.0. The van der Waals surface area contributed by atoms with Gasteiger partial charge < -0.3 is 4.74 Å². The zero-order valence-electron chi connectivity index (χ0n) is 17.2. The number of allylic oxidation sites excluding steroid dienone is 2. The number of hydrogen-bond acceptors (Lipinski definition) is 1. The van der Waals surface area contributed by atoms with Crippen molar-refractivity contribution >= 4 is 0 Å². The summed E-state index contributed by atoms with van der Waals surface area (Å²) in [6, 6.07) is 5.66. The second-order valence-electron chi connectivity index (χ2n) is 8.56. The van der Waals surface area contributed by atoms with E-state index in [0.29, 0.717) is 11.5 Å². The van der Waals surface area contributed by atoms with Crippen LogP contribution in [0, 0.1) is 35.5 Å². The van der Waals surface area contributed by atoms with E-state index in [-0.39, 0.29) is 5.75 Å². The topological polar surface area (TPSA) is 9.23 Å². The van der Waals surface area contributed by atoms with Gasteiger partial charge in [0.2, 0.25) is 0 Å². The van der Waals surface area contributed by atoms with Gasteiger partial charge in [0.25, 0.3) is 0 Å². The Kier molecular flexibility index (Phi) is 7.70. The van der Waals surface area contributed by atoms with Gasteiger partial charge in [-0.2, -0.15) is 0 Å². The van der Waals surface area contributed by atoms with Crippen molar-refractivity contribution in [3.8, 4) is 17.6 Å². The standard InChI is InChI=1S/C25H31F3O/c1-2-19-7-13-22(14-8-19)23-15-9-20(10-16-23)5-3-4-6-21-11-17-24(18-12-21)29-25(26,27)28/h3,5,11-12,17-20,22-23H,2,7-10,13-16H2,1H3/b5-3+. The van der Waals surface area contributed by atoms with E-state index in [4.69, 9.17) is 0 Å². The summed E-state index contributed by atoms with van der Waals surface area (Å²) >= 11 is 0. The second-order valence-corrected chi connectivity index (χ2v) is 8.56. The zero-order chi connectivity index (χ0) is 20.7. The highest BCUT2D eigenvalue weighted by atomic mass is 19.4. The number of alkyl halides is 3. The maximum Gasteiger partial charge on any atom is 0.573 e. The molecule has 2 fully saturated rings. The molecule has 0 bridgehead atoms. The van der Waals surface area contributed by atoms with Crippen molar-refractivity contribution in [2.24, 2.45) is 23.7 Å². The molecule has 0 amide bonds. The summed E-state index contributed by atoms with van der Waals surface area (Å²) in [6.45, 7) is 2.32. The average Bonchev–Trinajstić information content (AvgIpc) is 2.72. The fraction of sp³-hybridized carbons (Fsp3) is 0.600. The van der Waals surface area contributed by atoms with E-state index >= 15 is 0 Å². The van der Waals surface area contributed by atoms with Crippen LogP contribution in [0.25, 0.3) is 0 Å². The summed E-state index contributed by atoms with van der Waals surface area (Å²) in [6.07, 6.45) is 11.7. The quantitative estimate of drug-likeness (QED) is 0.472. The van der Waals surface area contributed by atoms with E-state index in [0.717, 1.165) is 17.8 Å². The van der Waals surface area contributed by atoms with Crippen LogP contribution in [0.15, 0.2) is 36.4 Å². The van der Waals surface area contributed by atoms with Gasteiger partial charge in [-0.1, -0.05) is 44.1 Å². The number of ether oxygens (including phenoxy) is 1. The van der Waals surface area contributed by atoms with Gasteiger partial charge in [-0.05, 0) is 92.5 Å². The third kappa shape index (κ3) is 7.14. The highest BCUT2D eigenvalue weighted by Gasteiger charge is 2.31. The highest BCUT2D eigenvalue weighted by molar-refractivity contribution is 5.40. The lowest BCUT2D eigenvalue weighted by atomic mass is 9.69. The Bertz CT molecular complexity index is 707. The molecule has 0 atom stereocenters. The predicted molar refractivity (Wildman–Crippen MR) is 110 cm³/mol. The van der Waals surface area contributed by atoms with Gasteiger partial charge in [-0.25, -0.2) is 0 Å². The van der Waals surface area contributed by atoms with Crippen molar-refractivity contribution in [1.29, 1.82) is 0 Å². The van der Waals surface area contributed by atoms with Crippen LogP contribution >= 0.6 is 0 Å². The van der Waals surface area contributed by atoms with Crippen molar-refractivity contribution in [3.05, 3.63) is 42.0 Å². The summed E-state index contributed by atoms with van der Waals surface area (Å²) in [7, 11) is 0. The molecule has 0 unspecified atom stereocenters. The normalized spacial score (nSPS) is 28.0. The van der Waals surface area contributed by atoms with Gasteiger partial charge in [0.05, 0.1) is 0 Å². The van der Waals surface area contributed by atoms with Crippen molar-refractivity contribution < 1.29 is 17.9 Å². The van der Waals surface area contributed by atoms with Crippen molar-refractivity contribution in [2.75, 3.05) is 0 Å². The molecular formula is C25H31F3O. The molecule has 3 rings (SSSR count). The summed E-state index contributed by atoms with van der Waals surface area (Å²) in [5.74, 6) is 9.20. The lowest BCUT2D eigenvalue weighted by Crippen LogP contribution is -2.25. The Morgan fingerprint density at radius 2 is 1.52 bits per heavy atom. The van der Waals surface area contributed by atoms with E-state index in [2.05, 4.69) is 29.6 Å². The van der Waals surface area contributed by atoms with Crippen molar-refractivity contribution in [2.45, 2.75) is 71.1 Å². The van der Waals surface area contributed by atoms with Crippen LogP contribution in [0.5, 0.6) is 5.75 Å². The van der Waals surface area contributed by atoms with Gasteiger partial charge in [-0.15, -0.1) is 13.2 Å². The maximum atomic E-state index is 12.2. The van der Waals surface area contributed by atoms with E-state index in [1.165, 1.54) is 69.9 Å². The van der Waals surface area contributed by atoms with Crippen LogP contribution in [0.3, 0.4) is 0 Å². The Balaban J connectivity index is 1.41. The molecular weight excluding hydrogens is 373 g/mol. The van der Waals surface area contributed by atoms with Crippen molar-refractivity contribution in [3.63, 3.8) is 0 Å². The first-order chi connectivity index (χ1) is 13.9. The Morgan fingerprint density at radius 1 is 0.931 bits per heavy atom. The van der Waals surface area contributed by atoms with E-state index in [1.807, 2.05) is 6.08 Å². The first-order valence-corrected chi connectivity index (χ1v) is 11.0. The molecule has 1 nitrogen and oxygen atoms in total. The third-order valence-electron chi connectivity index (χ3n) is 6.71. The number of benzene rings is 1. The Morgan fingerprint density at radius 3 is 2.07 bits per heavy atom. The second kappa shape index (κ2) is 10.2. The molecule has 1 aromatic carbocycles. The summed E-state index contributed by atoms with van der Waals surface area (Å²) in [4.78, 5) is 0. The molecule has 0 spiro atoms. The largest absolute Gasteiger partial charge is 0.573 e. The van der Waals surface area contributed by atoms with E-state index < -0.39 is 6.36 Å². The van der Waals surface area contributed by atoms with Crippen LogP contribution < -0.4 is 4.74 Å². The molecule has 2 aliphatic rings. The van der Waals surface area contributed by atoms with Gasteiger partial charge in [0, 0.05) is 5.56 Å². The molecule has 0 aliphatic heterocycles. The highest BCUT2D eigenvalue weighted by Crippen LogP contribution is 2.42. The molecule has 29 heavy (non-hydrogen) atoms. The molecule has 1 aromatic rings. The Hall–Kier alpha value is -1.89. The van der Waals surface area contributed by atoms with Gasteiger partial charge in [0.1, 0.15) is 5.75 Å². The molecule has 0 heterocycles. The summed E-state index contributed by atoms with van der Waals surface area (Å²) in [5, 5.41) is 0. The fourth-order valence-electron chi connectivity index (χ4n) is 4.93. The maximum absolute atomic E-state index is 12.2. The smallest absolute Gasteiger partial charge is 0.406 e. The molecule has 2 aliphatic carbocycles. The molecule has 4 heteroatoms. The SMILES string of the molecule is CCC1CCC(C2CCC(/C=C/C#Cc3ccc(OC(F)(F)F)cc3)CC2)CC1. The first kappa shape index (κ1) is 21.8. The van der Waals surface area contributed by atoms with Gasteiger partial charge in [-0.3, -0.25) is 0 Å². The Labute approximate surface area is 172 Å². The molecule has 2 saturated carbocycles. The average molecular weight is 405 g/mol. The zero-order valence-corrected chi connectivity index (χ0v) is 17.2. The molecule has 0 saturated heterocycles. The van der Waals surface area contributed by atoms with Gasteiger partial charge >= 0.3 is 6.36 Å². The summed E-state index contributed by atoms with van der Waals surface area (Å²) < 4.78 is 40.4. The molecule has 0 radical (unpaired) electrons. The van der Waals surface area contributed by atoms with Crippen molar-refractivity contribution in [1.82, 2.24) is 0 Å². The van der Waals surface area contributed by atoms with Crippen LogP contribution in [0.4, 0.5) is 13.2 Å². The number of hydrogen-bond donors (Lipinski definition) is 0. The monoisotopic (exact) mass is 404 g/mol. The van der Waals surface area contributed by atoms with Crippen LogP contribution in [-0.4, -0.2) is 6.36 Å². The minimum Gasteiger partial charge on any atom is -0.406 e. The van der Waals surface area contributed by atoms with Crippen LogP contribution in [-0.2, 0) is 0 Å². The van der Waals surface area contributed by atoms with E-state index in [9.17, 15) is 13.2 Å². The molecule has 0 aromatic heterocycles. The fourth-order valence-corrected chi connectivity index (χ4v) is 4.93.